The number of anilines is 1. The molecule has 0 radical (unpaired) electrons. The molecule has 0 unspecified atom stereocenters. The van der Waals surface area contributed by atoms with Crippen molar-refractivity contribution < 1.29 is 13.2 Å². The zero-order chi connectivity index (χ0) is 17.5. The van der Waals surface area contributed by atoms with Crippen molar-refractivity contribution in [1.82, 2.24) is 4.72 Å². The third kappa shape index (κ3) is 3.17. The van der Waals surface area contributed by atoms with Gasteiger partial charge in [-0.25, -0.2) is 13.1 Å². The van der Waals surface area contributed by atoms with Crippen LogP contribution < -0.4 is 10.0 Å². The third-order valence-electron chi connectivity index (χ3n) is 4.13. The molecule has 3 rings (SSSR count). The molecule has 24 heavy (non-hydrogen) atoms. The summed E-state index contributed by atoms with van der Waals surface area (Å²) < 4.78 is 27.9. The van der Waals surface area contributed by atoms with E-state index in [-0.39, 0.29) is 16.7 Å². The van der Waals surface area contributed by atoms with Gasteiger partial charge < -0.3 is 5.32 Å². The lowest BCUT2D eigenvalue weighted by atomic mass is 10.0. The van der Waals surface area contributed by atoms with Crippen LogP contribution in [0.1, 0.15) is 36.9 Å². The van der Waals surface area contributed by atoms with Crippen molar-refractivity contribution in [3.05, 3.63) is 58.6 Å². The molecular weight excluding hydrogens is 348 g/mol. The van der Waals surface area contributed by atoms with Crippen LogP contribution in [0.4, 0.5) is 5.69 Å². The molecule has 2 N–H and O–H groups in total. The number of halogens is 1. The molecule has 0 spiro atoms. The molecule has 1 heterocycles. The Morgan fingerprint density at radius 1 is 1.21 bits per heavy atom. The van der Waals surface area contributed by atoms with Crippen molar-refractivity contribution in [3.8, 4) is 0 Å². The highest BCUT2D eigenvalue weighted by molar-refractivity contribution is 7.89. The van der Waals surface area contributed by atoms with Crippen LogP contribution in [-0.2, 0) is 14.8 Å². The number of hydrogen-bond acceptors (Lipinski definition) is 3. The molecule has 0 aliphatic carbocycles. The van der Waals surface area contributed by atoms with Gasteiger partial charge >= 0.3 is 0 Å². The maximum Gasteiger partial charge on any atom is 0.241 e. The number of benzene rings is 2. The summed E-state index contributed by atoms with van der Waals surface area (Å²) in [6.45, 7) is 3.50. The first-order valence-corrected chi connectivity index (χ1v) is 9.36. The van der Waals surface area contributed by atoms with E-state index in [0.29, 0.717) is 16.3 Å². The van der Waals surface area contributed by atoms with Gasteiger partial charge in [-0.15, -0.1) is 0 Å². The Labute approximate surface area is 146 Å². The summed E-state index contributed by atoms with van der Waals surface area (Å²) in [5.74, 6) is -0.486. The topological polar surface area (TPSA) is 75.3 Å². The van der Waals surface area contributed by atoms with Crippen LogP contribution in [0.25, 0.3) is 0 Å². The first kappa shape index (κ1) is 17.0. The lowest BCUT2D eigenvalue weighted by Gasteiger charge is -2.15. The van der Waals surface area contributed by atoms with Crippen molar-refractivity contribution >= 4 is 33.2 Å². The second kappa shape index (κ2) is 6.20. The van der Waals surface area contributed by atoms with E-state index in [1.807, 2.05) is 6.07 Å². The molecule has 2 atom stereocenters. The summed E-state index contributed by atoms with van der Waals surface area (Å²) >= 11 is 5.95. The highest BCUT2D eigenvalue weighted by Gasteiger charge is 2.28. The Balaban J connectivity index is 1.88. The maximum atomic E-state index is 12.6. The van der Waals surface area contributed by atoms with Crippen molar-refractivity contribution in [1.29, 1.82) is 0 Å². The van der Waals surface area contributed by atoms with Gasteiger partial charge in [0.15, 0.2) is 0 Å². The second-order valence-corrected chi connectivity index (χ2v) is 8.01. The lowest BCUT2D eigenvalue weighted by molar-refractivity contribution is -0.116. The predicted molar refractivity (Wildman–Crippen MR) is 93.7 cm³/mol. The van der Waals surface area contributed by atoms with Gasteiger partial charge in [-0.2, -0.15) is 0 Å². The van der Waals surface area contributed by atoms with E-state index < -0.39 is 16.1 Å². The van der Waals surface area contributed by atoms with Crippen LogP contribution in [0.2, 0.25) is 5.02 Å². The van der Waals surface area contributed by atoms with E-state index in [9.17, 15) is 13.2 Å². The Morgan fingerprint density at radius 2 is 1.96 bits per heavy atom. The molecule has 0 saturated heterocycles. The average Bonchev–Trinajstić information content (AvgIpc) is 2.81. The van der Waals surface area contributed by atoms with Gasteiger partial charge in [0.25, 0.3) is 0 Å². The van der Waals surface area contributed by atoms with Crippen LogP contribution in [0.5, 0.6) is 0 Å². The third-order valence-corrected chi connectivity index (χ3v) is 5.91. The summed E-state index contributed by atoms with van der Waals surface area (Å²) in [6.07, 6.45) is 0. The van der Waals surface area contributed by atoms with E-state index >= 15 is 0 Å². The SMILES string of the molecule is C[C@H](NS(=O)(=O)c1ccc2c(c1)[C@@H](C)C(=O)N2)c1cccc(Cl)c1. The Bertz CT molecular complexity index is 912. The first-order chi connectivity index (χ1) is 11.3. The number of sulfonamides is 1. The normalized spacial score (nSPS) is 18.1. The van der Waals surface area contributed by atoms with Gasteiger partial charge in [0.2, 0.25) is 15.9 Å². The molecule has 126 valence electrons. The number of fused-ring (bicyclic) bond motifs is 1. The number of nitrogens with one attached hydrogen (secondary N) is 2. The van der Waals surface area contributed by atoms with Crippen LogP contribution in [-0.4, -0.2) is 14.3 Å². The average molecular weight is 365 g/mol. The largest absolute Gasteiger partial charge is 0.325 e. The number of hydrogen-bond donors (Lipinski definition) is 2. The smallest absolute Gasteiger partial charge is 0.241 e. The summed E-state index contributed by atoms with van der Waals surface area (Å²) in [4.78, 5) is 11.8. The summed E-state index contributed by atoms with van der Waals surface area (Å²) in [5, 5.41) is 3.28. The first-order valence-electron chi connectivity index (χ1n) is 7.50. The van der Waals surface area contributed by atoms with E-state index in [2.05, 4.69) is 10.0 Å². The molecule has 0 fully saturated rings. The quantitative estimate of drug-likeness (QED) is 0.872. The monoisotopic (exact) mass is 364 g/mol. The number of rotatable bonds is 4. The Morgan fingerprint density at radius 3 is 2.67 bits per heavy atom. The van der Waals surface area contributed by atoms with Crippen LogP contribution in [0.3, 0.4) is 0 Å². The minimum Gasteiger partial charge on any atom is -0.325 e. The van der Waals surface area contributed by atoms with Gasteiger partial charge in [-0.3, -0.25) is 4.79 Å². The number of amides is 1. The molecule has 2 aromatic carbocycles. The molecule has 0 aromatic heterocycles. The fourth-order valence-corrected chi connectivity index (χ4v) is 4.17. The highest BCUT2D eigenvalue weighted by atomic mass is 35.5. The van der Waals surface area contributed by atoms with Crippen molar-refractivity contribution in [2.75, 3.05) is 5.32 Å². The lowest BCUT2D eigenvalue weighted by Crippen LogP contribution is -2.27. The molecule has 0 saturated carbocycles. The van der Waals surface area contributed by atoms with Crippen LogP contribution in [0.15, 0.2) is 47.4 Å². The number of carbonyl (C=O) groups excluding carboxylic acids is 1. The fourth-order valence-electron chi connectivity index (χ4n) is 2.71. The van der Waals surface area contributed by atoms with E-state index in [4.69, 9.17) is 11.6 Å². The Kier molecular flexibility index (Phi) is 4.38. The highest BCUT2D eigenvalue weighted by Crippen LogP contribution is 2.34. The summed E-state index contributed by atoms with van der Waals surface area (Å²) in [5.41, 5.74) is 2.13. The zero-order valence-corrected chi connectivity index (χ0v) is 14.8. The van der Waals surface area contributed by atoms with Crippen molar-refractivity contribution in [3.63, 3.8) is 0 Å². The number of carbonyl (C=O) groups is 1. The van der Waals surface area contributed by atoms with Crippen LogP contribution >= 0.6 is 11.6 Å². The fraction of sp³-hybridized carbons (Fsp3) is 0.235. The molecular formula is C17H17ClN2O3S. The van der Waals surface area contributed by atoms with Gasteiger partial charge in [0.1, 0.15) is 0 Å². The summed E-state index contributed by atoms with van der Waals surface area (Å²) in [6, 6.07) is 11.3. The minimum atomic E-state index is -3.72. The molecule has 5 nitrogen and oxygen atoms in total. The van der Waals surface area contributed by atoms with Crippen molar-refractivity contribution in [2.45, 2.75) is 30.7 Å². The molecule has 1 amide bonds. The van der Waals surface area contributed by atoms with E-state index in [1.54, 1.807) is 44.2 Å². The van der Waals surface area contributed by atoms with Crippen LogP contribution in [0, 0.1) is 0 Å². The molecule has 7 heteroatoms. The molecule has 1 aliphatic rings. The Hall–Kier alpha value is -1.89. The van der Waals surface area contributed by atoms with Gasteiger partial charge in [0.05, 0.1) is 10.8 Å². The predicted octanol–water partition coefficient (Wildman–Crippen LogP) is 3.44. The second-order valence-electron chi connectivity index (χ2n) is 5.86. The van der Waals surface area contributed by atoms with Gasteiger partial charge in [-0.1, -0.05) is 23.7 Å². The summed E-state index contributed by atoms with van der Waals surface area (Å²) in [7, 11) is -3.72. The van der Waals surface area contributed by atoms with Gasteiger partial charge in [-0.05, 0) is 55.3 Å². The standard InChI is InChI=1S/C17H17ClN2O3S/c1-10-15-9-14(6-7-16(15)19-17(10)21)24(22,23)20-11(2)12-4-3-5-13(18)8-12/h3-11,20H,1-2H3,(H,19,21)/t10-,11+/m1/s1. The minimum absolute atomic E-state index is 0.125. The molecule has 2 aromatic rings. The van der Waals surface area contributed by atoms with E-state index in [0.717, 1.165) is 5.56 Å². The molecule has 1 aliphatic heterocycles. The van der Waals surface area contributed by atoms with E-state index in [1.165, 1.54) is 6.07 Å². The molecule has 0 bridgehead atoms. The maximum absolute atomic E-state index is 12.6. The van der Waals surface area contributed by atoms with Crippen molar-refractivity contribution in [2.24, 2.45) is 0 Å². The van der Waals surface area contributed by atoms with Gasteiger partial charge in [0, 0.05) is 16.8 Å². The zero-order valence-electron chi connectivity index (χ0n) is 13.2.